The van der Waals surface area contributed by atoms with E-state index in [0.29, 0.717) is 18.7 Å². The molecule has 1 aromatic carbocycles. The molecule has 2 aliphatic heterocycles. The minimum Gasteiger partial charge on any atom is -0.488 e. The maximum atomic E-state index is 12.4. The molecule has 0 spiro atoms. The molecular weight excluding hydrogens is 332 g/mol. The van der Waals surface area contributed by atoms with Gasteiger partial charge in [0.2, 0.25) is 0 Å². The summed E-state index contributed by atoms with van der Waals surface area (Å²) in [6.07, 6.45) is 3.42. The van der Waals surface area contributed by atoms with Crippen molar-refractivity contribution in [3.05, 3.63) is 53.5 Å². The Hall–Kier alpha value is -2.31. The topological polar surface area (TPSA) is 63.9 Å². The number of aryl methyl sites for hydroxylation is 1. The lowest BCUT2D eigenvalue weighted by Crippen LogP contribution is -2.37. The normalized spacial score (nSPS) is 20.2. The number of amides is 1. The third-order valence-corrected chi connectivity index (χ3v) is 4.89. The molecule has 0 unspecified atom stereocenters. The second-order valence-electron chi connectivity index (χ2n) is 6.79. The Bertz CT molecular complexity index is 752. The molecule has 0 radical (unpaired) electrons. The summed E-state index contributed by atoms with van der Waals surface area (Å²) in [5.41, 5.74) is 1.79. The summed E-state index contributed by atoms with van der Waals surface area (Å²) in [6.45, 7) is 4.49. The van der Waals surface area contributed by atoms with Crippen LogP contribution in [0, 0.1) is 0 Å². The number of nitrogens with one attached hydrogen (secondary N) is 1. The Morgan fingerprint density at radius 3 is 2.96 bits per heavy atom. The summed E-state index contributed by atoms with van der Waals surface area (Å²) in [6, 6.07) is 9.89. The smallest absolute Gasteiger partial charge is 0.254 e. The molecule has 6 nitrogen and oxygen atoms in total. The zero-order valence-electron chi connectivity index (χ0n) is 14.8. The lowest BCUT2D eigenvalue weighted by molar-refractivity contribution is 0.0313. The quantitative estimate of drug-likeness (QED) is 0.890. The number of hydrogen-bond acceptors (Lipinski definition) is 5. The molecule has 1 fully saturated rings. The monoisotopic (exact) mass is 356 g/mol. The first kappa shape index (κ1) is 17.1. The van der Waals surface area contributed by atoms with Crippen LogP contribution in [0.25, 0.3) is 0 Å². The number of ether oxygens (including phenoxy) is 2. The first-order valence-electron chi connectivity index (χ1n) is 9.18. The van der Waals surface area contributed by atoms with E-state index in [2.05, 4.69) is 16.3 Å². The maximum absolute atomic E-state index is 12.4. The lowest BCUT2D eigenvalue weighted by Gasteiger charge is -2.26. The number of carbonyl (C=O) groups excluding carboxylic acids is 1. The first-order valence-corrected chi connectivity index (χ1v) is 9.18. The van der Waals surface area contributed by atoms with E-state index in [1.165, 1.54) is 11.8 Å². The largest absolute Gasteiger partial charge is 0.488 e. The Kier molecular flexibility index (Phi) is 5.22. The summed E-state index contributed by atoms with van der Waals surface area (Å²) in [4.78, 5) is 14.6. The van der Waals surface area contributed by atoms with Crippen LogP contribution >= 0.6 is 0 Å². The van der Waals surface area contributed by atoms with Gasteiger partial charge in [-0.3, -0.25) is 9.69 Å². The van der Waals surface area contributed by atoms with Gasteiger partial charge in [0.05, 0.1) is 31.9 Å². The summed E-state index contributed by atoms with van der Waals surface area (Å²) in [5.74, 6) is 1.61. The van der Waals surface area contributed by atoms with Crippen molar-refractivity contribution in [1.29, 1.82) is 0 Å². The fraction of sp³-hybridized carbons (Fsp3) is 0.450. The van der Waals surface area contributed by atoms with E-state index in [0.717, 1.165) is 50.7 Å². The second-order valence-corrected chi connectivity index (χ2v) is 6.79. The molecular formula is C20H24N2O4. The average Bonchev–Trinajstić information content (AvgIpc) is 3.15. The van der Waals surface area contributed by atoms with Gasteiger partial charge in [-0.15, -0.1) is 0 Å². The van der Waals surface area contributed by atoms with Gasteiger partial charge < -0.3 is 19.2 Å². The van der Waals surface area contributed by atoms with Gasteiger partial charge in [0, 0.05) is 13.1 Å². The van der Waals surface area contributed by atoms with Gasteiger partial charge in [0.25, 0.3) is 5.91 Å². The molecule has 4 rings (SSSR count). The fourth-order valence-electron chi connectivity index (χ4n) is 3.39. The number of benzene rings is 1. The van der Waals surface area contributed by atoms with E-state index < -0.39 is 0 Å². The molecule has 2 aromatic rings. The molecule has 0 bridgehead atoms. The highest BCUT2D eigenvalue weighted by molar-refractivity contribution is 5.93. The van der Waals surface area contributed by atoms with E-state index in [9.17, 15) is 4.79 Å². The molecule has 138 valence electrons. The van der Waals surface area contributed by atoms with Crippen LogP contribution in [-0.4, -0.2) is 49.8 Å². The second kappa shape index (κ2) is 7.93. The number of hydrogen-bond donors (Lipinski definition) is 1. The third kappa shape index (κ3) is 4.08. The van der Waals surface area contributed by atoms with Crippen LogP contribution in [0.4, 0.5) is 0 Å². The predicted octanol–water partition coefficient (Wildman–Crippen LogP) is 2.24. The van der Waals surface area contributed by atoms with Crippen LogP contribution in [0.1, 0.15) is 28.1 Å². The Balaban J connectivity index is 1.27. The van der Waals surface area contributed by atoms with E-state index in [1.807, 2.05) is 24.3 Å². The van der Waals surface area contributed by atoms with Crippen molar-refractivity contribution in [3.8, 4) is 5.75 Å². The molecule has 0 aliphatic carbocycles. The maximum Gasteiger partial charge on any atom is 0.254 e. The zero-order chi connectivity index (χ0) is 17.8. The van der Waals surface area contributed by atoms with Crippen LogP contribution in [0.2, 0.25) is 0 Å². The van der Waals surface area contributed by atoms with Crippen molar-refractivity contribution in [3.63, 3.8) is 0 Å². The van der Waals surface area contributed by atoms with Crippen molar-refractivity contribution in [2.45, 2.75) is 25.5 Å². The molecule has 1 aromatic heterocycles. The zero-order valence-corrected chi connectivity index (χ0v) is 14.8. The highest BCUT2D eigenvalue weighted by Gasteiger charge is 2.21. The molecule has 2 aliphatic rings. The Morgan fingerprint density at radius 2 is 2.08 bits per heavy atom. The van der Waals surface area contributed by atoms with Crippen LogP contribution in [-0.2, 0) is 17.7 Å². The minimum absolute atomic E-state index is 0.00794. The van der Waals surface area contributed by atoms with Crippen molar-refractivity contribution in [1.82, 2.24) is 10.2 Å². The van der Waals surface area contributed by atoms with Gasteiger partial charge in [-0.25, -0.2) is 0 Å². The third-order valence-electron chi connectivity index (χ3n) is 4.89. The van der Waals surface area contributed by atoms with Crippen LogP contribution in [0.15, 0.2) is 41.0 Å². The number of morpholine rings is 1. The van der Waals surface area contributed by atoms with Gasteiger partial charge in [-0.05, 0) is 30.5 Å². The number of furan rings is 1. The number of rotatable bonds is 5. The van der Waals surface area contributed by atoms with Gasteiger partial charge in [0.1, 0.15) is 23.9 Å². The van der Waals surface area contributed by atoms with Crippen molar-refractivity contribution in [2.75, 3.05) is 32.8 Å². The van der Waals surface area contributed by atoms with E-state index >= 15 is 0 Å². The number of nitrogens with zero attached hydrogens (tertiary/aromatic N) is 1. The summed E-state index contributed by atoms with van der Waals surface area (Å²) < 4.78 is 16.9. The van der Waals surface area contributed by atoms with Crippen molar-refractivity contribution >= 4 is 5.91 Å². The molecule has 3 heterocycles. The van der Waals surface area contributed by atoms with E-state index in [-0.39, 0.29) is 12.0 Å². The fourth-order valence-corrected chi connectivity index (χ4v) is 3.39. The van der Waals surface area contributed by atoms with Gasteiger partial charge >= 0.3 is 0 Å². The highest BCUT2D eigenvalue weighted by atomic mass is 16.5. The van der Waals surface area contributed by atoms with Crippen LogP contribution in [0.3, 0.4) is 0 Å². The summed E-state index contributed by atoms with van der Waals surface area (Å²) in [7, 11) is 0. The first-order chi connectivity index (χ1) is 12.8. The van der Waals surface area contributed by atoms with Crippen molar-refractivity contribution in [2.24, 2.45) is 0 Å². The van der Waals surface area contributed by atoms with E-state index in [1.54, 1.807) is 0 Å². The lowest BCUT2D eigenvalue weighted by atomic mass is 10.0. The summed E-state index contributed by atoms with van der Waals surface area (Å²) in [5, 5.41) is 2.96. The highest BCUT2D eigenvalue weighted by Crippen LogP contribution is 2.26. The summed E-state index contributed by atoms with van der Waals surface area (Å²) >= 11 is 0. The molecule has 1 saturated heterocycles. The molecule has 0 saturated carbocycles. The molecule has 6 heteroatoms. The Morgan fingerprint density at radius 1 is 1.23 bits per heavy atom. The van der Waals surface area contributed by atoms with Gasteiger partial charge in [0.15, 0.2) is 0 Å². The standard InChI is InChI=1S/C20H24N2O4/c23-20(16-11-18(25-14-16)13-22-7-9-24-10-8-22)21-12-17-6-5-15-3-1-2-4-19(15)26-17/h1-4,11,14,17H,5-10,12-13H2,(H,21,23)/t17-/m1/s1. The molecule has 26 heavy (non-hydrogen) atoms. The Labute approximate surface area is 153 Å². The van der Waals surface area contributed by atoms with Gasteiger partial charge in [-0.1, -0.05) is 18.2 Å². The van der Waals surface area contributed by atoms with Crippen molar-refractivity contribution < 1.29 is 18.7 Å². The van der Waals surface area contributed by atoms with Crippen LogP contribution < -0.4 is 10.1 Å². The average molecular weight is 356 g/mol. The number of carbonyl (C=O) groups is 1. The van der Waals surface area contributed by atoms with Gasteiger partial charge in [-0.2, -0.15) is 0 Å². The SMILES string of the molecule is O=C(NC[C@H]1CCc2ccccc2O1)c1coc(CN2CCOCC2)c1. The van der Waals surface area contributed by atoms with E-state index in [4.69, 9.17) is 13.9 Å². The molecule has 1 amide bonds. The number of fused-ring (bicyclic) bond motifs is 1. The molecule has 1 atom stereocenters. The predicted molar refractivity (Wildman–Crippen MR) is 96.3 cm³/mol. The van der Waals surface area contributed by atoms with Crippen LogP contribution in [0.5, 0.6) is 5.75 Å². The molecule has 1 N–H and O–H groups in total. The number of para-hydroxylation sites is 1. The minimum atomic E-state index is -0.121.